The van der Waals surface area contributed by atoms with Crippen LogP contribution in [0.15, 0.2) is 30.5 Å². The van der Waals surface area contributed by atoms with Gasteiger partial charge >= 0.3 is 0 Å². The molecule has 0 amide bonds. The number of rotatable bonds is 1. The van der Waals surface area contributed by atoms with Crippen LogP contribution in [0.4, 0.5) is 0 Å². The van der Waals surface area contributed by atoms with E-state index in [0.29, 0.717) is 0 Å². The number of benzene rings is 1. The van der Waals surface area contributed by atoms with Crippen molar-refractivity contribution < 1.29 is 0 Å². The summed E-state index contributed by atoms with van der Waals surface area (Å²) >= 11 is 13.4. The first kappa shape index (κ1) is 11.0. The molecule has 0 unspecified atom stereocenters. The van der Waals surface area contributed by atoms with Crippen molar-refractivity contribution in [2.75, 3.05) is 0 Å². The lowest BCUT2D eigenvalue weighted by Gasteiger charge is -1.97. The molecule has 0 spiro atoms. The Hall–Kier alpha value is 0.880. The van der Waals surface area contributed by atoms with Crippen molar-refractivity contribution in [1.82, 2.24) is 0 Å². The Balaban J connectivity index is 3.09. The maximum absolute atomic E-state index is 3.41. The van der Waals surface area contributed by atoms with Crippen LogP contribution in [0.1, 0.15) is 5.56 Å². The van der Waals surface area contributed by atoms with E-state index >= 15 is 0 Å². The number of halogens is 4. The fourth-order valence-corrected chi connectivity index (χ4v) is 2.64. The third-order valence-electron chi connectivity index (χ3n) is 1.16. The first-order chi connectivity index (χ1) is 5.58. The predicted molar refractivity (Wildman–Crippen MR) is 67.7 cm³/mol. The molecule has 1 rings (SSSR count). The van der Waals surface area contributed by atoms with Gasteiger partial charge in [0, 0.05) is 8.95 Å². The molecule has 12 heavy (non-hydrogen) atoms. The Kier molecular flexibility index (Phi) is 4.51. The Morgan fingerprint density at radius 1 is 1.00 bits per heavy atom. The summed E-state index contributed by atoms with van der Waals surface area (Å²) in [7, 11) is 0. The monoisotopic (exact) mass is 416 g/mol. The molecule has 0 aliphatic rings. The van der Waals surface area contributed by atoms with E-state index in [-0.39, 0.29) is 0 Å². The molecule has 4 heteroatoms. The van der Waals surface area contributed by atoms with Crippen LogP contribution in [0.25, 0.3) is 6.08 Å². The average Bonchev–Trinajstić information content (AvgIpc) is 1.81. The molecule has 0 aliphatic heterocycles. The lowest BCUT2D eigenvalue weighted by atomic mass is 10.2. The normalized spacial score (nSPS) is 9.67. The summed E-state index contributed by atoms with van der Waals surface area (Å²) in [5, 5.41) is 0. The summed E-state index contributed by atoms with van der Waals surface area (Å²) in [6.07, 6.45) is 1.98. The molecule has 0 saturated heterocycles. The molecule has 0 N–H and O–H groups in total. The lowest BCUT2D eigenvalue weighted by molar-refractivity contribution is 1.57. The first-order valence-corrected chi connectivity index (χ1v) is 6.24. The van der Waals surface area contributed by atoms with Gasteiger partial charge in [-0.05, 0) is 61.7 Å². The minimum atomic E-state index is 0.931. The molecule has 0 atom stereocenters. The largest absolute Gasteiger partial charge is 0.0610 e. The summed E-state index contributed by atoms with van der Waals surface area (Å²) in [6, 6.07) is 6.07. The third kappa shape index (κ3) is 3.73. The molecule has 0 aromatic heterocycles. The second-order valence-corrected chi connectivity index (χ2v) is 6.74. The van der Waals surface area contributed by atoms with E-state index in [2.05, 4.69) is 63.7 Å². The van der Waals surface area contributed by atoms with E-state index < -0.39 is 0 Å². The van der Waals surface area contributed by atoms with Crippen LogP contribution < -0.4 is 0 Å². The minimum absolute atomic E-state index is 0.931. The fraction of sp³-hybridized carbons (Fsp3) is 0. The minimum Gasteiger partial charge on any atom is -0.0508 e. The number of hydrogen-bond acceptors (Lipinski definition) is 0. The van der Waals surface area contributed by atoms with Crippen molar-refractivity contribution in [3.63, 3.8) is 0 Å². The standard InChI is InChI=1S/C8H4Br4/c9-6-1-5(3-8(11)12)2-7(10)4-6/h1-4H. The Bertz CT molecular complexity index is 293. The van der Waals surface area contributed by atoms with Crippen molar-refractivity contribution >= 4 is 69.8 Å². The van der Waals surface area contributed by atoms with Crippen molar-refractivity contribution in [1.29, 1.82) is 0 Å². The molecule has 0 heterocycles. The van der Waals surface area contributed by atoms with Gasteiger partial charge in [0.1, 0.15) is 0 Å². The molecule has 1 aromatic carbocycles. The SMILES string of the molecule is BrC(Br)=Cc1cc(Br)cc(Br)c1. The van der Waals surface area contributed by atoms with E-state index in [1.54, 1.807) is 0 Å². The quantitative estimate of drug-likeness (QED) is 0.579. The highest BCUT2D eigenvalue weighted by Gasteiger charge is 1.94. The Labute approximate surface area is 105 Å². The smallest absolute Gasteiger partial charge is 0.0508 e. The zero-order valence-corrected chi connectivity index (χ0v) is 12.2. The number of hydrogen-bond donors (Lipinski definition) is 0. The highest BCUT2D eigenvalue weighted by atomic mass is 79.9. The summed E-state index contributed by atoms with van der Waals surface area (Å²) in [5.74, 6) is 0. The van der Waals surface area contributed by atoms with E-state index in [4.69, 9.17) is 0 Å². The van der Waals surface area contributed by atoms with Crippen LogP contribution in [0.3, 0.4) is 0 Å². The van der Waals surface area contributed by atoms with E-state index in [1.807, 2.05) is 24.3 Å². The molecule has 0 radical (unpaired) electrons. The van der Waals surface area contributed by atoms with Gasteiger partial charge in [0.05, 0.1) is 3.39 Å². The molecule has 64 valence electrons. The summed E-state index contributed by atoms with van der Waals surface area (Å²) < 4.78 is 3.05. The summed E-state index contributed by atoms with van der Waals surface area (Å²) in [4.78, 5) is 0. The molecule has 0 fully saturated rings. The Morgan fingerprint density at radius 2 is 1.50 bits per heavy atom. The summed E-state index contributed by atoms with van der Waals surface area (Å²) in [5.41, 5.74) is 1.13. The average molecular weight is 420 g/mol. The lowest BCUT2D eigenvalue weighted by Crippen LogP contribution is -1.73. The highest BCUT2D eigenvalue weighted by Crippen LogP contribution is 2.24. The topological polar surface area (TPSA) is 0 Å². The van der Waals surface area contributed by atoms with Crippen molar-refractivity contribution in [3.05, 3.63) is 36.1 Å². The Morgan fingerprint density at radius 3 is 1.92 bits per heavy atom. The molecule has 0 bridgehead atoms. The van der Waals surface area contributed by atoms with Crippen molar-refractivity contribution in [2.45, 2.75) is 0 Å². The maximum Gasteiger partial charge on any atom is 0.0610 e. The van der Waals surface area contributed by atoms with Gasteiger partial charge in [0.25, 0.3) is 0 Å². The van der Waals surface area contributed by atoms with Crippen LogP contribution in [0.2, 0.25) is 0 Å². The molecule has 1 aromatic rings. The van der Waals surface area contributed by atoms with Gasteiger partial charge in [-0.1, -0.05) is 31.9 Å². The highest BCUT2D eigenvalue weighted by molar-refractivity contribution is 9.28. The third-order valence-corrected chi connectivity index (χ3v) is 2.53. The zero-order valence-electron chi connectivity index (χ0n) is 5.82. The van der Waals surface area contributed by atoms with Gasteiger partial charge in [-0.15, -0.1) is 0 Å². The van der Waals surface area contributed by atoms with Gasteiger partial charge in [-0.3, -0.25) is 0 Å². The molecule has 0 nitrogen and oxygen atoms in total. The summed E-state index contributed by atoms with van der Waals surface area (Å²) in [6.45, 7) is 0. The predicted octanol–water partition coefficient (Wildman–Crippen LogP) is 5.30. The molecular weight excluding hydrogens is 416 g/mol. The fourth-order valence-electron chi connectivity index (χ4n) is 0.784. The van der Waals surface area contributed by atoms with Gasteiger partial charge in [-0.25, -0.2) is 0 Å². The van der Waals surface area contributed by atoms with E-state index in [1.165, 1.54) is 0 Å². The van der Waals surface area contributed by atoms with Crippen LogP contribution in [0, 0.1) is 0 Å². The second kappa shape index (κ2) is 4.94. The van der Waals surface area contributed by atoms with Gasteiger partial charge in [-0.2, -0.15) is 0 Å². The molecule has 0 saturated carbocycles. The molecular formula is C8H4Br4. The van der Waals surface area contributed by atoms with Crippen LogP contribution in [-0.2, 0) is 0 Å². The van der Waals surface area contributed by atoms with Gasteiger partial charge in [0.15, 0.2) is 0 Å². The van der Waals surface area contributed by atoms with E-state index in [9.17, 15) is 0 Å². The second-order valence-electron chi connectivity index (χ2n) is 2.14. The van der Waals surface area contributed by atoms with Crippen molar-refractivity contribution in [3.8, 4) is 0 Å². The van der Waals surface area contributed by atoms with Crippen LogP contribution in [0.5, 0.6) is 0 Å². The first-order valence-electron chi connectivity index (χ1n) is 3.07. The zero-order chi connectivity index (χ0) is 9.14. The van der Waals surface area contributed by atoms with E-state index in [0.717, 1.165) is 17.9 Å². The van der Waals surface area contributed by atoms with Crippen molar-refractivity contribution in [2.24, 2.45) is 0 Å². The van der Waals surface area contributed by atoms with Gasteiger partial charge in [0.2, 0.25) is 0 Å². The molecule has 0 aliphatic carbocycles. The van der Waals surface area contributed by atoms with Crippen LogP contribution >= 0.6 is 63.7 Å². The van der Waals surface area contributed by atoms with Crippen LogP contribution in [-0.4, -0.2) is 0 Å². The maximum atomic E-state index is 3.41. The van der Waals surface area contributed by atoms with Gasteiger partial charge < -0.3 is 0 Å².